The van der Waals surface area contributed by atoms with Gasteiger partial charge >= 0.3 is 0 Å². The van der Waals surface area contributed by atoms with Gasteiger partial charge in [0.15, 0.2) is 0 Å². The van der Waals surface area contributed by atoms with E-state index in [0.717, 1.165) is 5.56 Å². The maximum atomic E-state index is 9.01. The first-order valence-electron chi connectivity index (χ1n) is 4.53. The van der Waals surface area contributed by atoms with E-state index in [1.54, 1.807) is 18.7 Å². The van der Waals surface area contributed by atoms with Crippen LogP contribution in [-0.4, -0.2) is 17.5 Å². The number of rotatable bonds is 2. The average molecular weight is 206 g/mol. The van der Waals surface area contributed by atoms with Crippen LogP contribution in [0.1, 0.15) is 18.9 Å². The highest BCUT2D eigenvalue weighted by atomic mass is 32.2. The van der Waals surface area contributed by atoms with Gasteiger partial charge in [-0.2, -0.15) is 0 Å². The number of hydrogen-bond acceptors (Lipinski definition) is 2. The van der Waals surface area contributed by atoms with Crippen molar-refractivity contribution in [1.29, 1.82) is 0 Å². The van der Waals surface area contributed by atoms with Gasteiger partial charge in [0, 0.05) is 16.9 Å². The second-order valence-corrected chi connectivity index (χ2v) is 3.96. The summed E-state index contributed by atoms with van der Waals surface area (Å²) in [5, 5.41) is 9.01. The van der Waals surface area contributed by atoms with Crippen molar-refractivity contribution in [3.63, 3.8) is 0 Å². The molecule has 1 aromatic carbocycles. The normalized spacial score (nSPS) is 11.6. The summed E-state index contributed by atoms with van der Waals surface area (Å²) in [6, 6.07) is 8.11. The van der Waals surface area contributed by atoms with Gasteiger partial charge in [0.1, 0.15) is 0 Å². The Bertz CT molecular complexity index is 330. The lowest BCUT2D eigenvalue weighted by atomic mass is 10.2. The van der Waals surface area contributed by atoms with Crippen LogP contribution in [0.4, 0.5) is 0 Å². The average Bonchev–Trinajstić information content (AvgIpc) is 2.18. The van der Waals surface area contributed by atoms with Gasteiger partial charge in [0.05, 0.1) is 6.10 Å². The first kappa shape index (κ1) is 11.2. The summed E-state index contributed by atoms with van der Waals surface area (Å²) in [4.78, 5) is 1.24. The smallest absolute Gasteiger partial charge is 0.0621 e. The molecular weight excluding hydrogens is 192 g/mol. The minimum Gasteiger partial charge on any atom is -0.392 e. The predicted octanol–water partition coefficient (Wildman–Crippen LogP) is 2.53. The fourth-order valence-corrected chi connectivity index (χ4v) is 1.38. The van der Waals surface area contributed by atoms with Crippen molar-refractivity contribution in [3.05, 3.63) is 29.8 Å². The lowest BCUT2D eigenvalue weighted by Gasteiger charge is -1.95. The Morgan fingerprint density at radius 1 is 1.36 bits per heavy atom. The molecule has 1 rings (SSSR count). The zero-order valence-corrected chi connectivity index (χ0v) is 9.27. The fourth-order valence-electron chi connectivity index (χ4n) is 0.975. The Kier molecular flexibility index (Phi) is 4.58. The van der Waals surface area contributed by atoms with Crippen LogP contribution in [0.3, 0.4) is 0 Å². The summed E-state index contributed by atoms with van der Waals surface area (Å²) in [6.07, 6.45) is 2.24. The maximum Gasteiger partial charge on any atom is 0.0621 e. The third kappa shape index (κ3) is 3.87. The third-order valence-electron chi connectivity index (χ3n) is 1.72. The quantitative estimate of drug-likeness (QED) is 0.592. The van der Waals surface area contributed by atoms with Crippen LogP contribution in [-0.2, 0) is 0 Å². The van der Waals surface area contributed by atoms with Crippen molar-refractivity contribution in [2.75, 3.05) is 6.26 Å². The topological polar surface area (TPSA) is 20.2 Å². The van der Waals surface area contributed by atoms with Gasteiger partial charge < -0.3 is 5.11 Å². The molecule has 1 N–H and O–H groups in total. The fraction of sp³-hybridized carbons (Fsp3) is 0.333. The standard InChI is InChI=1S/C12H14OS/c1-10(13)4-3-5-11-6-8-12(14-2)9-7-11/h6-10,13H,4H2,1-2H3. The van der Waals surface area contributed by atoms with Crippen LogP contribution >= 0.6 is 11.8 Å². The first-order chi connectivity index (χ1) is 6.72. The molecule has 74 valence electrons. The van der Waals surface area contributed by atoms with E-state index in [2.05, 4.69) is 24.0 Å². The van der Waals surface area contributed by atoms with E-state index in [1.165, 1.54) is 4.90 Å². The largest absolute Gasteiger partial charge is 0.392 e. The Morgan fingerprint density at radius 2 is 2.00 bits per heavy atom. The number of hydrogen-bond donors (Lipinski definition) is 1. The van der Waals surface area contributed by atoms with Crippen LogP contribution in [0.25, 0.3) is 0 Å². The van der Waals surface area contributed by atoms with Crippen molar-refractivity contribution in [3.8, 4) is 11.8 Å². The zero-order valence-electron chi connectivity index (χ0n) is 8.45. The minimum atomic E-state index is -0.340. The number of aliphatic hydroxyl groups is 1. The van der Waals surface area contributed by atoms with Crippen LogP contribution in [0.15, 0.2) is 29.2 Å². The first-order valence-corrected chi connectivity index (χ1v) is 5.76. The highest BCUT2D eigenvalue weighted by Gasteiger charge is 1.90. The second kappa shape index (κ2) is 5.74. The van der Waals surface area contributed by atoms with E-state index < -0.39 is 0 Å². The molecule has 1 unspecified atom stereocenters. The lowest BCUT2D eigenvalue weighted by Crippen LogP contribution is -1.95. The molecule has 2 heteroatoms. The molecule has 0 aliphatic rings. The van der Waals surface area contributed by atoms with Crippen molar-refractivity contribution < 1.29 is 5.11 Å². The van der Waals surface area contributed by atoms with Crippen LogP contribution in [0.5, 0.6) is 0 Å². The Hall–Kier alpha value is -0.910. The summed E-state index contributed by atoms with van der Waals surface area (Å²) in [5.74, 6) is 5.94. The highest BCUT2D eigenvalue weighted by molar-refractivity contribution is 7.98. The van der Waals surface area contributed by atoms with E-state index in [4.69, 9.17) is 5.11 Å². The molecule has 1 atom stereocenters. The molecule has 0 amide bonds. The van der Waals surface area contributed by atoms with Crippen molar-refractivity contribution in [2.45, 2.75) is 24.3 Å². The molecule has 0 radical (unpaired) electrons. The second-order valence-electron chi connectivity index (χ2n) is 3.08. The molecule has 0 aliphatic carbocycles. The van der Waals surface area contributed by atoms with Gasteiger partial charge in [-0.1, -0.05) is 11.8 Å². The number of benzene rings is 1. The van der Waals surface area contributed by atoms with Crippen molar-refractivity contribution >= 4 is 11.8 Å². The van der Waals surface area contributed by atoms with Gasteiger partial charge in [-0.25, -0.2) is 0 Å². The predicted molar refractivity (Wildman–Crippen MR) is 61.4 cm³/mol. The summed E-state index contributed by atoms with van der Waals surface area (Å²) in [7, 11) is 0. The lowest BCUT2D eigenvalue weighted by molar-refractivity contribution is 0.201. The van der Waals surface area contributed by atoms with E-state index in [1.807, 2.05) is 18.4 Å². The van der Waals surface area contributed by atoms with Crippen molar-refractivity contribution in [2.24, 2.45) is 0 Å². The van der Waals surface area contributed by atoms with Gasteiger partial charge in [-0.05, 0) is 37.4 Å². The number of aliphatic hydroxyl groups excluding tert-OH is 1. The van der Waals surface area contributed by atoms with Crippen molar-refractivity contribution in [1.82, 2.24) is 0 Å². The van der Waals surface area contributed by atoms with Gasteiger partial charge in [-0.15, -0.1) is 11.8 Å². The maximum absolute atomic E-state index is 9.01. The van der Waals surface area contributed by atoms with E-state index in [9.17, 15) is 0 Å². The highest BCUT2D eigenvalue weighted by Crippen LogP contribution is 2.14. The Morgan fingerprint density at radius 3 is 2.50 bits per heavy atom. The van der Waals surface area contributed by atoms with E-state index in [-0.39, 0.29) is 6.10 Å². The molecule has 0 fully saturated rings. The molecule has 0 bridgehead atoms. The van der Waals surface area contributed by atoms with Crippen LogP contribution < -0.4 is 0 Å². The van der Waals surface area contributed by atoms with Crippen LogP contribution in [0.2, 0.25) is 0 Å². The molecule has 0 aromatic heterocycles. The number of thioether (sulfide) groups is 1. The monoisotopic (exact) mass is 206 g/mol. The molecule has 0 saturated carbocycles. The molecule has 0 aliphatic heterocycles. The van der Waals surface area contributed by atoms with Gasteiger partial charge in [-0.3, -0.25) is 0 Å². The van der Waals surface area contributed by atoms with E-state index >= 15 is 0 Å². The SMILES string of the molecule is CSc1ccc(C#CCC(C)O)cc1. The molecule has 1 nitrogen and oxygen atoms in total. The van der Waals surface area contributed by atoms with E-state index in [0.29, 0.717) is 6.42 Å². The molecule has 1 aromatic rings. The van der Waals surface area contributed by atoms with Gasteiger partial charge in [0.2, 0.25) is 0 Å². The summed E-state index contributed by atoms with van der Waals surface area (Å²) in [5.41, 5.74) is 1.00. The summed E-state index contributed by atoms with van der Waals surface area (Å²) < 4.78 is 0. The third-order valence-corrected chi connectivity index (χ3v) is 2.46. The Labute approximate surface area is 89.5 Å². The Balaban J connectivity index is 2.62. The van der Waals surface area contributed by atoms with Crippen LogP contribution in [0, 0.1) is 11.8 Å². The summed E-state index contributed by atoms with van der Waals surface area (Å²) in [6.45, 7) is 1.74. The molecule has 0 saturated heterocycles. The molecule has 14 heavy (non-hydrogen) atoms. The molecule has 0 spiro atoms. The minimum absolute atomic E-state index is 0.340. The zero-order chi connectivity index (χ0) is 10.4. The van der Waals surface area contributed by atoms with Gasteiger partial charge in [0.25, 0.3) is 0 Å². The molecular formula is C12H14OS. The summed E-state index contributed by atoms with van der Waals surface area (Å²) >= 11 is 1.72. The molecule has 0 heterocycles.